The van der Waals surface area contributed by atoms with Crippen LogP contribution < -0.4 is 15.2 Å². The van der Waals surface area contributed by atoms with Gasteiger partial charge in [-0.25, -0.2) is 13.2 Å². The van der Waals surface area contributed by atoms with Crippen LogP contribution in [0.2, 0.25) is 0 Å². The fraction of sp³-hybridized carbons (Fsp3) is 0.459. The van der Waals surface area contributed by atoms with Crippen LogP contribution in [0.3, 0.4) is 0 Å². The number of carbonyl (C=O) groups is 2. The van der Waals surface area contributed by atoms with Crippen molar-refractivity contribution in [3.63, 3.8) is 0 Å². The first kappa shape index (κ1) is 39.1. The number of ether oxygens (including phenoxy) is 1. The van der Waals surface area contributed by atoms with Gasteiger partial charge in [0.25, 0.3) is 5.92 Å². The molecule has 2 saturated heterocycles. The number of hydrogen-bond acceptors (Lipinski definition) is 6. The third-order valence-corrected chi connectivity index (χ3v) is 11.3. The van der Waals surface area contributed by atoms with E-state index in [2.05, 4.69) is 4.72 Å². The summed E-state index contributed by atoms with van der Waals surface area (Å²) in [7, 11) is -4.52. The zero-order valence-corrected chi connectivity index (χ0v) is 29.1. The van der Waals surface area contributed by atoms with E-state index in [1.54, 1.807) is 12.1 Å². The molecule has 52 heavy (non-hydrogen) atoms. The second-order valence-electron chi connectivity index (χ2n) is 13.6. The summed E-state index contributed by atoms with van der Waals surface area (Å²) in [4.78, 5) is 24.2. The van der Waals surface area contributed by atoms with Crippen molar-refractivity contribution in [2.75, 3.05) is 6.61 Å². The summed E-state index contributed by atoms with van der Waals surface area (Å²) < 4.78 is 100.0. The van der Waals surface area contributed by atoms with Crippen LogP contribution in [0.15, 0.2) is 83.8 Å². The van der Waals surface area contributed by atoms with Crippen LogP contribution in [0.4, 0.5) is 22.0 Å². The van der Waals surface area contributed by atoms with Gasteiger partial charge in [-0.2, -0.15) is 26.7 Å². The number of hydrogen-bond donors (Lipinski definition) is 3. The third-order valence-electron chi connectivity index (χ3n) is 9.87. The van der Waals surface area contributed by atoms with Crippen LogP contribution in [0.5, 0.6) is 5.75 Å². The van der Waals surface area contributed by atoms with E-state index in [1.807, 2.05) is 30.3 Å². The van der Waals surface area contributed by atoms with Gasteiger partial charge in [-0.3, -0.25) is 4.79 Å². The van der Waals surface area contributed by atoms with E-state index in [1.165, 1.54) is 60.6 Å². The van der Waals surface area contributed by atoms with Gasteiger partial charge in [0.2, 0.25) is 15.9 Å². The molecule has 3 aromatic rings. The van der Waals surface area contributed by atoms with E-state index < -0.39 is 45.6 Å². The lowest BCUT2D eigenvalue weighted by Gasteiger charge is -2.41. The molecule has 4 N–H and O–H groups in total. The maximum Gasteiger partial charge on any atom is 0.490 e. The maximum absolute atomic E-state index is 16.5. The number of aliphatic carboxylic acids is 1. The van der Waals surface area contributed by atoms with Gasteiger partial charge in [0.1, 0.15) is 5.75 Å². The Morgan fingerprint density at radius 2 is 1.37 bits per heavy atom. The average Bonchev–Trinajstić information content (AvgIpc) is 3.40. The first-order chi connectivity index (χ1) is 24.6. The highest BCUT2D eigenvalue weighted by Gasteiger charge is 2.53. The average molecular weight is 752 g/mol. The van der Waals surface area contributed by atoms with Gasteiger partial charge in [0.15, 0.2) is 6.04 Å². The Hall–Kier alpha value is -4.08. The molecule has 3 aromatic carbocycles. The SMILES string of the molecule is NC1CC2CCC(C1)N2C(=O)C(NS(=O)(=O)c1ccc(OCC2CCCCC2)cc1)C(F)(F)c1ccc(-c2ccccc2)cc1.O=C(O)C(F)(F)F. The smallest absolute Gasteiger partial charge is 0.490 e. The number of fused-ring (bicyclic) bond motifs is 2. The van der Waals surface area contributed by atoms with Crippen LogP contribution in [0.25, 0.3) is 11.1 Å². The molecule has 15 heteroatoms. The number of carboxylic acid groups (broad SMARTS) is 1. The second-order valence-corrected chi connectivity index (χ2v) is 15.3. The van der Waals surface area contributed by atoms with Crippen molar-refractivity contribution in [1.82, 2.24) is 9.62 Å². The molecule has 0 radical (unpaired) electrons. The fourth-order valence-electron chi connectivity index (χ4n) is 7.20. The largest absolute Gasteiger partial charge is 0.493 e. The highest BCUT2D eigenvalue weighted by atomic mass is 32.2. The van der Waals surface area contributed by atoms with Gasteiger partial charge in [-0.05, 0) is 79.8 Å². The number of alkyl halides is 5. The molecule has 2 aliphatic heterocycles. The van der Waals surface area contributed by atoms with Crippen LogP contribution in [-0.2, 0) is 25.5 Å². The number of nitrogens with zero attached hydrogens (tertiary/aromatic N) is 1. The minimum atomic E-state index is -5.08. The molecule has 9 nitrogen and oxygen atoms in total. The van der Waals surface area contributed by atoms with E-state index in [-0.39, 0.29) is 23.0 Å². The highest BCUT2D eigenvalue weighted by molar-refractivity contribution is 7.89. The molecule has 6 rings (SSSR count). The van der Waals surface area contributed by atoms with Gasteiger partial charge < -0.3 is 20.5 Å². The summed E-state index contributed by atoms with van der Waals surface area (Å²) in [6.07, 6.45) is 3.06. The Morgan fingerprint density at radius 1 is 0.827 bits per heavy atom. The Morgan fingerprint density at radius 3 is 1.90 bits per heavy atom. The van der Waals surface area contributed by atoms with Crippen LogP contribution in [0, 0.1) is 5.92 Å². The third kappa shape index (κ3) is 9.47. The van der Waals surface area contributed by atoms with Crippen LogP contribution in [-0.4, -0.2) is 67.3 Å². The van der Waals surface area contributed by atoms with Crippen molar-refractivity contribution in [1.29, 1.82) is 0 Å². The number of sulfonamides is 1. The van der Waals surface area contributed by atoms with Gasteiger partial charge >= 0.3 is 12.1 Å². The molecular weight excluding hydrogens is 709 g/mol. The molecule has 1 saturated carbocycles. The first-order valence-electron chi connectivity index (χ1n) is 17.2. The number of piperidine rings is 1. The Labute approximate surface area is 299 Å². The normalized spacial score (nSPS) is 21.5. The summed E-state index contributed by atoms with van der Waals surface area (Å²) in [5.74, 6) is -6.55. The molecule has 2 heterocycles. The molecule has 2 bridgehead atoms. The van der Waals surface area contributed by atoms with E-state index in [0.29, 0.717) is 44.0 Å². The minimum absolute atomic E-state index is 0.119. The molecule has 0 aromatic heterocycles. The Bertz CT molecular complexity index is 1760. The molecule has 3 unspecified atom stereocenters. The summed E-state index contributed by atoms with van der Waals surface area (Å²) in [5.41, 5.74) is 7.31. The maximum atomic E-state index is 16.5. The lowest BCUT2D eigenvalue weighted by molar-refractivity contribution is -0.192. The number of benzene rings is 3. The van der Waals surface area contributed by atoms with Crippen LogP contribution >= 0.6 is 0 Å². The molecule has 1 aliphatic carbocycles. The van der Waals surface area contributed by atoms with Crippen molar-refractivity contribution in [2.45, 2.75) is 98.9 Å². The van der Waals surface area contributed by atoms with Crippen molar-refractivity contribution < 1.29 is 49.8 Å². The topological polar surface area (TPSA) is 139 Å². The first-order valence-corrected chi connectivity index (χ1v) is 18.7. The Balaban J connectivity index is 0.000000679. The zero-order valence-electron chi connectivity index (χ0n) is 28.3. The number of halogens is 5. The zero-order chi connectivity index (χ0) is 37.7. The van der Waals surface area contributed by atoms with E-state index >= 15 is 8.78 Å². The summed E-state index contributed by atoms with van der Waals surface area (Å²) >= 11 is 0. The van der Waals surface area contributed by atoms with Gasteiger partial charge in [-0.15, -0.1) is 0 Å². The van der Waals surface area contributed by atoms with Crippen molar-refractivity contribution >= 4 is 21.9 Å². The van der Waals surface area contributed by atoms with Crippen molar-refractivity contribution in [3.8, 4) is 16.9 Å². The number of carboxylic acids is 1. The number of rotatable bonds is 10. The molecule has 282 valence electrons. The predicted octanol–water partition coefficient (Wildman–Crippen LogP) is 6.87. The monoisotopic (exact) mass is 751 g/mol. The quantitative estimate of drug-likeness (QED) is 0.192. The molecule has 3 aliphatic rings. The summed E-state index contributed by atoms with van der Waals surface area (Å²) in [6, 6.07) is 17.6. The summed E-state index contributed by atoms with van der Waals surface area (Å²) in [6.45, 7) is 0.554. The molecule has 3 fully saturated rings. The fourth-order valence-corrected chi connectivity index (χ4v) is 8.39. The minimum Gasteiger partial charge on any atom is -0.493 e. The van der Waals surface area contributed by atoms with Gasteiger partial charge in [-0.1, -0.05) is 73.9 Å². The lowest BCUT2D eigenvalue weighted by atomic mass is 9.90. The van der Waals surface area contributed by atoms with Crippen molar-refractivity contribution in [3.05, 3.63) is 84.4 Å². The van der Waals surface area contributed by atoms with Crippen LogP contribution in [0.1, 0.15) is 63.4 Å². The number of amides is 1. The standard InChI is InChI=1S/C35H41F2N3O4S.C2HF3O2/c36-35(37,27-13-11-26(12-14-27)25-9-5-2-6-10-25)33(34(41)40-29-15-16-30(40)22-28(38)21-29)39-45(42,43)32-19-17-31(18-20-32)44-23-24-7-3-1-4-8-24;3-2(4,5)1(6)7/h2,5-6,9-14,17-20,24,28-30,33,39H,1,3-4,7-8,15-16,21-23,38H2;(H,6,7). The highest BCUT2D eigenvalue weighted by Crippen LogP contribution is 2.40. The number of nitrogens with one attached hydrogen (secondary N) is 1. The molecule has 1 amide bonds. The molecular formula is C37H42F5N3O6S. The second kappa shape index (κ2) is 16.3. The number of nitrogens with two attached hydrogens (primary N) is 1. The van der Waals surface area contributed by atoms with E-state index in [4.69, 9.17) is 20.4 Å². The van der Waals surface area contributed by atoms with E-state index in [9.17, 15) is 26.4 Å². The van der Waals surface area contributed by atoms with Crippen molar-refractivity contribution in [2.24, 2.45) is 11.7 Å². The lowest BCUT2D eigenvalue weighted by Crippen LogP contribution is -2.60. The predicted molar refractivity (Wildman–Crippen MR) is 183 cm³/mol. The Kier molecular flexibility index (Phi) is 12.3. The summed E-state index contributed by atoms with van der Waals surface area (Å²) in [5, 5.41) is 7.12. The molecule has 0 spiro atoms. The molecule has 3 atom stereocenters. The van der Waals surface area contributed by atoms with E-state index in [0.717, 1.165) is 24.0 Å². The van der Waals surface area contributed by atoms with Gasteiger partial charge in [0.05, 0.1) is 11.5 Å². The van der Waals surface area contributed by atoms with Gasteiger partial charge in [0, 0.05) is 23.7 Å². The number of carbonyl (C=O) groups excluding carboxylic acids is 1.